The molecule has 1 aliphatic heterocycles. The molecule has 2 atom stereocenters. The standard InChI is InChI=1S/C13H18BrNO2S/c1-10-3-5-12(6-4-10)18(16,17)15-8-7-11(2)13(15)9-14/h3-6,11,13H,7-9H2,1-2H3. The number of sulfonamides is 1. The third kappa shape index (κ3) is 2.49. The van der Waals surface area contributed by atoms with Crippen LogP contribution in [-0.4, -0.2) is 30.6 Å². The summed E-state index contributed by atoms with van der Waals surface area (Å²) < 4.78 is 26.8. The largest absolute Gasteiger partial charge is 0.243 e. The van der Waals surface area contributed by atoms with Gasteiger partial charge < -0.3 is 0 Å². The zero-order chi connectivity index (χ0) is 13.3. The zero-order valence-electron chi connectivity index (χ0n) is 10.6. The first-order valence-corrected chi connectivity index (χ1v) is 8.67. The lowest BCUT2D eigenvalue weighted by atomic mass is 10.1. The van der Waals surface area contributed by atoms with Crippen LogP contribution in [0.3, 0.4) is 0 Å². The topological polar surface area (TPSA) is 37.4 Å². The smallest absolute Gasteiger partial charge is 0.207 e. The average molecular weight is 332 g/mol. The van der Waals surface area contributed by atoms with E-state index >= 15 is 0 Å². The molecule has 0 aliphatic carbocycles. The summed E-state index contributed by atoms with van der Waals surface area (Å²) >= 11 is 3.43. The molecule has 0 saturated carbocycles. The Morgan fingerprint density at radius 3 is 2.50 bits per heavy atom. The van der Waals surface area contributed by atoms with Gasteiger partial charge in [0.1, 0.15) is 0 Å². The first-order chi connectivity index (χ1) is 8.46. The number of hydrogen-bond donors (Lipinski definition) is 0. The van der Waals surface area contributed by atoms with E-state index in [1.54, 1.807) is 16.4 Å². The minimum Gasteiger partial charge on any atom is -0.207 e. The molecular formula is C13H18BrNO2S. The van der Waals surface area contributed by atoms with E-state index < -0.39 is 10.0 Å². The summed E-state index contributed by atoms with van der Waals surface area (Å²) in [5.74, 6) is 0.407. The van der Waals surface area contributed by atoms with E-state index in [0.717, 1.165) is 12.0 Å². The van der Waals surface area contributed by atoms with E-state index in [1.165, 1.54) is 0 Å². The predicted octanol–water partition coefficient (Wildman–Crippen LogP) is 2.79. The third-order valence-corrected chi connectivity index (χ3v) is 6.22. The summed E-state index contributed by atoms with van der Waals surface area (Å²) in [6, 6.07) is 7.14. The fourth-order valence-electron chi connectivity index (χ4n) is 2.35. The molecular weight excluding hydrogens is 314 g/mol. The van der Waals surface area contributed by atoms with Gasteiger partial charge in [-0.15, -0.1) is 0 Å². The van der Waals surface area contributed by atoms with Gasteiger partial charge in [-0.25, -0.2) is 8.42 Å². The highest BCUT2D eigenvalue weighted by Crippen LogP contribution is 2.31. The van der Waals surface area contributed by atoms with Gasteiger partial charge in [-0.3, -0.25) is 0 Å². The lowest BCUT2D eigenvalue weighted by Gasteiger charge is -2.24. The first kappa shape index (κ1) is 14.0. The SMILES string of the molecule is Cc1ccc(S(=O)(=O)N2CCC(C)C2CBr)cc1. The minimum atomic E-state index is -3.35. The normalized spacial score (nSPS) is 25.5. The van der Waals surface area contributed by atoms with Crippen LogP contribution < -0.4 is 0 Å². The molecule has 100 valence electrons. The van der Waals surface area contributed by atoms with E-state index in [4.69, 9.17) is 0 Å². The Labute approximate surface area is 117 Å². The Hall–Kier alpha value is -0.390. The number of benzene rings is 1. The van der Waals surface area contributed by atoms with Crippen LogP contribution in [0.5, 0.6) is 0 Å². The molecule has 3 nitrogen and oxygen atoms in total. The van der Waals surface area contributed by atoms with Crippen LogP contribution in [0.15, 0.2) is 29.2 Å². The van der Waals surface area contributed by atoms with E-state index in [2.05, 4.69) is 22.9 Å². The van der Waals surface area contributed by atoms with Gasteiger partial charge in [0.15, 0.2) is 0 Å². The van der Waals surface area contributed by atoms with Crippen molar-refractivity contribution in [2.75, 3.05) is 11.9 Å². The lowest BCUT2D eigenvalue weighted by molar-refractivity contribution is 0.378. The van der Waals surface area contributed by atoms with Crippen molar-refractivity contribution < 1.29 is 8.42 Å². The van der Waals surface area contributed by atoms with E-state index in [9.17, 15) is 8.42 Å². The fraction of sp³-hybridized carbons (Fsp3) is 0.538. The molecule has 0 aromatic heterocycles. The predicted molar refractivity (Wildman–Crippen MR) is 76.4 cm³/mol. The maximum absolute atomic E-state index is 12.6. The second-order valence-corrected chi connectivity index (χ2v) is 7.45. The molecule has 0 N–H and O–H groups in total. The van der Waals surface area contributed by atoms with Crippen LogP contribution in [0.25, 0.3) is 0 Å². The van der Waals surface area contributed by atoms with Crippen LogP contribution in [0.2, 0.25) is 0 Å². The number of aryl methyl sites for hydroxylation is 1. The number of alkyl halides is 1. The van der Waals surface area contributed by atoms with Gasteiger partial charge in [0.05, 0.1) is 4.90 Å². The number of nitrogens with zero attached hydrogens (tertiary/aromatic N) is 1. The van der Waals surface area contributed by atoms with Gasteiger partial charge in [-0.2, -0.15) is 4.31 Å². The van der Waals surface area contributed by atoms with Gasteiger partial charge in [0.2, 0.25) is 10.0 Å². The molecule has 18 heavy (non-hydrogen) atoms. The molecule has 0 spiro atoms. The summed E-state index contributed by atoms with van der Waals surface area (Å²) in [6.07, 6.45) is 0.932. The molecule has 1 saturated heterocycles. The maximum Gasteiger partial charge on any atom is 0.243 e. The van der Waals surface area contributed by atoms with Crippen LogP contribution in [0.4, 0.5) is 0 Å². The van der Waals surface area contributed by atoms with E-state index in [0.29, 0.717) is 22.7 Å². The summed E-state index contributed by atoms with van der Waals surface area (Å²) in [5.41, 5.74) is 1.07. The van der Waals surface area contributed by atoms with Crippen LogP contribution in [0, 0.1) is 12.8 Å². The Kier molecular flexibility index (Phi) is 4.14. The first-order valence-electron chi connectivity index (χ1n) is 6.11. The Morgan fingerprint density at radius 1 is 1.33 bits per heavy atom. The van der Waals surface area contributed by atoms with Crippen molar-refractivity contribution in [1.82, 2.24) is 4.31 Å². The second kappa shape index (κ2) is 5.31. The summed E-state index contributed by atoms with van der Waals surface area (Å²) in [6.45, 7) is 4.68. The average Bonchev–Trinajstić information content (AvgIpc) is 2.71. The van der Waals surface area contributed by atoms with Gasteiger partial charge in [-0.05, 0) is 31.4 Å². The molecule has 0 amide bonds. The molecule has 1 heterocycles. The molecule has 0 bridgehead atoms. The number of halogens is 1. The van der Waals surface area contributed by atoms with Crippen LogP contribution >= 0.6 is 15.9 Å². The molecule has 1 aromatic rings. The molecule has 1 fully saturated rings. The van der Waals surface area contributed by atoms with E-state index in [-0.39, 0.29) is 6.04 Å². The Morgan fingerprint density at radius 2 is 1.94 bits per heavy atom. The fourth-order valence-corrected chi connectivity index (χ4v) is 5.26. The Balaban J connectivity index is 2.34. The highest BCUT2D eigenvalue weighted by atomic mass is 79.9. The van der Waals surface area contributed by atoms with Crippen molar-refractivity contribution in [3.05, 3.63) is 29.8 Å². The molecule has 5 heteroatoms. The lowest BCUT2D eigenvalue weighted by Crippen LogP contribution is -2.38. The zero-order valence-corrected chi connectivity index (χ0v) is 13.0. The van der Waals surface area contributed by atoms with Crippen molar-refractivity contribution in [1.29, 1.82) is 0 Å². The van der Waals surface area contributed by atoms with E-state index in [1.807, 2.05) is 19.1 Å². The third-order valence-electron chi connectivity index (χ3n) is 3.62. The monoisotopic (exact) mass is 331 g/mol. The van der Waals surface area contributed by atoms with Gasteiger partial charge >= 0.3 is 0 Å². The molecule has 0 radical (unpaired) electrons. The van der Waals surface area contributed by atoms with Gasteiger partial charge in [0.25, 0.3) is 0 Å². The summed E-state index contributed by atoms with van der Waals surface area (Å²) in [5, 5.41) is 0.694. The summed E-state index contributed by atoms with van der Waals surface area (Å²) in [7, 11) is -3.35. The van der Waals surface area contributed by atoms with Crippen molar-refractivity contribution in [3.8, 4) is 0 Å². The van der Waals surface area contributed by atoms with Crippen molar-refractivity contribution in [2.24, 2.45) is 5.92 Å². The second-order valence-electron chi connectivity index (χ2n) is 4.92. The molecule has 2 rings (SSSR count). The molecule has 1 aliphatic rings. The van der Waals surface area contributed by atoms with Gasteiger partial charge in [0, 0.05) is 17.9 Å². The highest BCUT2D eigenvalue weighted by Gasteiger charge is 2.38. The number of hydrogen-bond acceptors (Lipinski definition) is 2. The van der Waals surface area contributed by atoms with Crippen LogP contribution in [0.1, 0.15) is 18.9 Å². The number of rotatable bonds is 3. The van der Waals surface area contributed by atoms with Crippen molar-refractivity contribution >= 4 is 26.0 Å². The highest BCUT2D eigenvalue weighted by molar-refractivity contribution is 9.09. The van der Waals surface area contributed by atoms with Gasteiger partial charge in [-0.1, -0.05) is 40.5 Å². The van der Waals surface area contributed by atoms with Crippen molar-refractivity contribution in [3.63, 3.8) is 0 Å². The maximum atomic E-state index is 12.6. The Bertz CT molecular complexity index is 512. The quantitative estimate of drug-likeness (QED) is 0.798. The molecule has 2 unspecified atom stereocenters. The van der Waals surface area contributed by atoms with Crippen molar-refractivity contribution in [2.45, 2.75) is 31.2 Å². The minimum absolute atomic E-state index is 0.0660. The summed E-state index contributed by atoms with van der Waals surface area (Å²) in [4.78, 5) is 0.396. The van der Waals surface area contributed by atoms with Crippen LogP contribution in [-0.2, 0) is 10.0 Å². The molecule has 1 aromatic carbocycles.